The first-order chi connectivity index (χ1) is 23.3. The van der Waals surface area contributed by atoms with Crippen LogP contribution in [0.3, 0.4) is 0 Å². The van der Waals surface area contributed by atoms with Crippen LogP contribution >= 0.6 is 27.5 Å². The molecule has 0 aliphatic carbocycles. The lowest BCUT2D eigenvalue weighted by Gasteiger charge is -2.34. The minimum absolute atomic E-state index is 0.0280. The average molecular weight is 772 g/mol. The monoisotopic (exact) mass is 770 g/mol. The van der Waals surface area contributed by atoms with Gasteiger partial charge in [-0.05, 0) is 60.9 Å². The van der Waals surface area contributed by atoms with Gasteiger partial charge in [0, 0.05) is 40.6 Å². The molecule has 0 spiro atoms. The predicted molar refractivity (Wildman–Crippen MR) is 192 cm³/mol. The van der Waals surface area contributed by atoms with E-state index < -0.39 is 49.9 Å². The molecule has 49 heavy (non-hydrogen) atoms. The van der Waals surface area contributed by atoms with E-state index in [0.29, 0.717) is 18.5 Å². The summed E-state index contributed by atoms with van der Waals surface area (Å²) in [5, 5.41) is 14.8. The summed E-state index contributed by atoms with van der Waals surface area (Å²) in [4.78, 5) is 40.5. The van der Waals surface area contributed by atoms with Crippen molar-refractivity contribution < 1.29 is 27.7 Å². The van der Waals surface area contributed by atoms with E-state index in [1.807, 2.05) is 37.3 Å². The number of ether oxygens (including phenoxy) is 1. The van der Waals surface area contributed by atoms with Crippen LogP contribution in [0.5, 0.6) is 5.75 Å². The topological polar surface area (TPSA) is 139 Å². The van der Waals surface area contributed by atoms with Crippen LogP contribution in [0.25, 0.3) is 0 Å². The van der Waals surface area contributed by atoms with E-state index in [9.17, 15) is 28.1 Å². The Hall–Kier alpha value is -4.46. The number of hydrogen-bond acceptors (Lipinski definition) is 7. The summed E-state index contributed by atoms with van der Waals surface area (Å²) in [5.74, 6) is -1.02. The van der Waals surface area contributed by atoms with Crippen LogP contribution in [0.15, 0.2) is 100 Å². The van der Waals surface area contributed by atoms with Gasteiger partial charge in [-0.2, -0.15) is 0 Å². The van der Waals surface area contributed by atoms with Gasteiger partial charge in [0.05, 0.1) is 22.6 Å². The molecule has 1 atom stereocenters. The van der Waals surface area contributed by atoms with Crippen LogP contribution in [-0.2, 0) is 32.6 Å². The number of halogens is 2. The molecule has 1 N–H and O–H groups in total. The van der Waals surface area contributed by atoms with E-state index in [0.717, 1.165) is 20.4 Å². The van der Waals surface area contributed by atoms with Crippen molar-refractivity contribution in [3.8, 4) is 5.75 Å². The highest BCUT2D eigenvalue weighted by Gasteiger charge is 2.36. The van der Waals surface area contributed by atoms with Crippen LogP contribution < -0.4 is 14.4 Å². The van der Waals surface area contributed by atoms with E-state index in [-0.39, 0.29) is 35.0 Å². The van der Waals surface area contributed by atoms with Gasteiger partial charge in [-0.25, -0.2) is 8.42 Å². The number of hydrogen-bond donors (Lipinski definition) is 1. The van der Waals surface area contributed by atoms with Crippen molar-refractivity contribution in [1.82, 2.24) is 10.2 Å². The highest BCUT2D eigenvalue weighted by Crippen LogP contribution is 2.36. The Morgan fingerprint density at radius 2 is 1.69 bits per heavy atom. The number of nitro benzene ring substituents is 1. The maximum atomic E-state index is 14.6. The Morgan fingerprint density at radius 1 is 1.00 bits per heavy atom. The highest BCUT2D eigenvalue weighted by molar-refractivity contribution is 9.10. The number of aryl methyl sites for hydroxylation is 1. The number of amides is 2. The fraction of sp³-hybridized carbons (Fsp3) is 0.257. The number of nitrogens with one attached hydrogen (secondary N) is 1. The lowest BCUT2D eigenvalue weighted by atomic mass is 10.0. The standard InChI is InChI=1S/C35H36BrClN4O7S/c1-4-18-38-35(43)32(19-25-8-6-5-7-9-25)39(22-26-11-13-27(36)14-12-26)34(42)23-40(31-20-28(37)15-17-33(31)48-3)49(46,47)29-16-10-24(2)30(21-29)41(44)45/h5-17,20-21,32H,4,18-19,22-23H2,1-3H3,(H,38,43)/t32-/m0/s1. The zero-order chi connectivity index (χ0) is 35.7. The predicted octanol–water partition coefficient (Wildman–Crippen LogP) is 6.69. The Labute approximate surface area is 299 Å². The second kappa shape index (κ2) is 16.8. The van der Waals surface area contributed by atoms with Gasteiger partial charge in [-0.15, -0.1) is 0 Å². The maximum Gasteiger partial charge on any atom is 0.273 e. The van der Waals surface area contributed by atoms with Gasteiger partial charge >= 0.3 is 0 Å². The van der Waals surface area contributed by atoms with E-state index in [4.69, 9.17) is 16.3 Å². The molecule has 0 saturated carbocycles. The third-order valence-corrected chi connectivity index (χ3v) is 10.3. The lowest BCUT2D eigenvalue weighted by Crippen LogP contribution is -2.53. The number of sulfonamides is 1. The molecular weight excluding hydrogens is 736 g/mol. The van der Waals surface area contributed by atoms with Gasteiger partial charge in [-0.1, -0.05) is 83.0 Å². The van der Waals surface area contributed by atoms with Crippen molar-refractivity contribution in [3.05, 3.63) is 127 Å². The third-order valence-electron chi connectivity index (χ3n) is 7.74. The smallest absolute Gasteiger partial charge is 0.273 e. The molecule has 4 aromatic rings. The molecule has 0 saturated heterocycles. The number of benzene rings is 4. The van der Waals surface area contributed by atoms with E-state index in [1.165, 1.54) is 49.3 Å². The van der Waals surface area contributed by atoms with E-state index in [2.05, 4.69) is 21.2 Å². The summed E-state index contributed by atoms with van der Waals surface area (Å²) in [6.07, 6.45) is 0.809. The van der Waals surface area contributed by atoms with E-state index >= 15 is 0 Å². The fourth-order valence-corrected chi connectivity index (χ4v) is 7.02. The first kappa shape index (κ1) is 37.4. The molecule has 0 radical (unpaired) electrons. The third kappa shape index (κ3) is 9.37. The molecule has 0 fully saturated rings. The zero-order valence-electron chi connectivity index (χ0n) is 27.1. The first-order valence-corrected chi connectivity index (χ1v) is 17.9. The molecule has 11 nitrogen and oxygen atoms in total. The van der Waals surface area contributed by atoms with Crippen molar-refractivity contribution in [2.24, 2.45) is 0 Å². The fourth-order valence-electron chi connectivity index (χ4n) is 5.15. The Kier molecular flexibility index (Phi) is 12.8. The maximum absolute atomic E-state index is 14.6. The minimum atomic E-state index is -4.67. The van der Waals surface area contributed by atoms with Gasteiger partial charge in [0.25, 0.3) is 15.7 Å². The van der Waals surface area contributed by atoms with E-state index in [1.54, 1.807) is 24.3 Å². The number of anilines is 1. The molecule has 2 amide bonds. The van der Waals surface area contributed by atoms with Gasteiger partial charge < -0.3 is 15.0 Å². The lowest BCUT2D eigenvalue weighted by molar-refractivity contribution is -0.385. The molecule has 0 aliphatic heterocycles. The minimum Gasteiger partial charge on any atom is -0.495 e. The van der Waals surface area contributed by atoms with Crippen molar-refractivity contribution in [2.75, 3.05) is 24.5 Å². The molecule has 14 heteroatoms. The molecule has 0 aliphatic rings. The number of carbonyl (C=O) groups excluding carboxylic acids is 2. The Bertz CT molecular complexity index is 1910. The van der Waals surface area contributed by atoms with Gasteiger partial charge in [-0.3, -0.25) is 24.0 Å². The molecule has 0 bridgehead atoms. The van der Waals surface area contributed by atoms with Crippen molar-refractivity contribution >= 4 is 60.7 Å². The molecule has 4 rings (SSSR count). The van der Waals surface area contributed by atoms with Gasteiger partial charge in [0.1, 0.15) is 18.3 Å². The molecule has 4 aromatic carbocycles. The SMILES string of the molecule is CCCNC(=O)[C@H](Cc1ccccc1)N(Cc1ccc(Br)cc1)C(=O)CN(c1cc(Cl)ccc1OC)S(=O)(=O)c1ccc(C)c([N+](=O)[O-])c1. The summed E-state index contributed by atoms with van der Waals surface area (Å²) in [6.45, 7) is 2.96. The number of carbonyl (C=O) groups is 2. The number of nitrogens with zero attached hydrogens (tertiary/aromatic N) is 3. The van der Waals surface area contributed by atoms with Crippen molar-refractivity contribution in [2.45, 2.75) is 44.2 Å². The van der Waals surface area contributed by atoms with Gasteiger partial charge in [0.2, 0.25) is 11.8 Å². The normalized spacial score (nSPS) is 11.8. The summed E-state index contributed by atoms with van der Waals surface area (Å²) < 4.78 is 36.0. The van der Waals surface area contributed by atoms with Crippen molar-refractivity contribution in [1.29, 1.82) is 0 Å². The molecular formula is C35H36BrClN4O7S. The molecule has 0 heterocycles. The quantitative estimate of drug-likeness (QED) is 0.105. The van der Waals surface area contributed by atoms with Crippen LogP contribution in [-0.4, -0.2) is 56.3 Å². The Balaban J connectivity index is 1.88. The summed E-state index contributed by atoms with van der Waals surface area (Å²) >= 11 is 9.76. The summed E-state index contributed by atoms with van der Waals surface area (Å²) in [7, 11) is -3.33. The Morgan fingerprint density at radius 3 is 2.33 bits per heavy atom. The van der Waals surface area contributed by atoms with Crippen molar-refractivity contribution in [3.63, 3.8) is 0 Å². The number of rotatable bonds is 15. The largest absolute Gasteiger partial charge is 0.495 e. The van der Waals surface area contributed by atoms with Crippen LogP contribution in [0, 0.1) is 17.0 Å². The molecule has 0 aromatic heterocycles. The number of nitro groups is 1. The second-order valence-corrected chi connectivity index (χ2v) is 14.4. The van der Waals surface area contributed by atoms with Gasteiger partial charge in [0.15, 0.2) is 0 Å². The second-order valence-electron chi connectivity index (χ2n) is 11.2. The number of methoxy groups -OCH3 is 1. The summed E-state index contributed by atoms with van der Waals surface area (Å²) in [5.41, 5.74) is 1.28. The first-order valence-electron chi connectivity index (χ1n) is 15.3. The summed E-state index contributed by atoms with van der Waals surface area (Å²) in [6, 6.07) is 23.2. The van der Waals surface area contributed by atoms with Crippen LogP contribution in [0.4, 0.5) is 11.4 Å². The van der Waals surface area contributed by atoms with Crippen LogP contribution in [0.1, 0.15) is 30.0 Å². The van der Waals surface area contributed by atoms with Crippen LogP contribution in [0.2, 0.25) is 5.02 Å². The average Bonchev–Trinajstić information content (AvgIpc) is 3.08. The molecule has 258 valence electrons. The zero-order valence-corrected chi connectivity index (χ0v) is 30.3. The molecule has 0 unspecified atom stereocenters. The highest BCUT2D eigenvalue weighted by atomic mass is 79.9.